The lowest BCUT2D eigenvalue weighted by atomic mass is 9.85. The highest BCUT2D eigenvalue weighted by Crippen LogP contribution is 2.37. The van der Waals surface area contributed by atoms with Gasteiger partial charge >= 0.3 is 0 Å². The molecule has 3 nitrogen and oxygen atoms in total. The van der Waals surface area contributed by atoms with E-state index in [-0.39, 0.29) is 0 Å². The van der Waals surface area contributed by atoms with E-state index in [1.54, 1.807) is 7.11 Å². The van der Waals surface area contributed by atoms with Crippen LogP contribution in [0.4, 0.5) is 0 Å². The van der Waals surface area contributed by atoms with Crippen LogP contribution in [0, 0.1) is 5.92 Å². The van der Waals surface area contributed by atoms with Crippen LogP contribution in [0.3, 0.4) is 0 Å². The lowest BCUT2D eigenvalue weighted by molar-refractivity contribution is 0.169. The molecule has 0 bridgehead atoms. The summed E-state index contributed by atoms with van der Waals surface area (Å²) >= 11 is 0. The van der Waals surface area contributed by atoms with Crippen molar-refractivity contribution in [3.8, 4) is 5.75 Å². The van der Waals surface area contributed by atoms with Gasteiger partial charge in [-0.25, -0.2) is 0 Å². The molecule has 1 heterocycles. The second-order valence-electron chi connectivity index (χ2n) is 6.51. The second kappa shape index (κ2) is 6.80. The molecule has 3 unspecified atom stereocenters. The van der Waals surface area contributed by atoms with Gasteiger partial charge in [-0.1, -0.05) is 25.0 Å². The van der Waals surface area contributed by atoms with Gasteiger partial charge in [0, 0.05) is 18.6 Å². The molecule has 0 radical (unpaired) electrons. The topological polar surface area (TPSA) is 24.5 Å². The third-order valence-corrected chi connectivity index (χ3v) is 5.41. The predicted molar refractivity (Wildman–Crippen MR) is 86.7 cm³/mol. The van der Waals surface area contributed by atoms with Crippen LogP contribution >= 0.6 is 0 Å². The zero-order chi connectivity index (χ0) is 14.7. The van der Waals surface area contributed by atoms with E-state index in [0.717, 1.165) is 24.3 Å². The number of likely N-dealkylation sites (N-methyl/N-ethyl adjacent to an activating group) is 1. The van der Waals surface area contributed by atoms with Crippen molar-refractivity contribution in [1.82, 2.24) is 10.2 Å². The summed E-state index contributed by atoms with van der Waals surface area (Å²) in [5.41, 5.74) is 1.36. The smallest absolute Gasteiger partial charge is 0.118 e. The Morgan fingerprint density at radius 1 is 1.19 bits per heavy atom. The van der Waals surface area contributed by atoms with Crippen LogP contribution in [0.1, 0.15) is 43.7 Å². The number of methoxy groups -OCH3 is 1. The van der Waals surface area contributed by atoms with Crippen LogP contribution in [0.25, 0.3) is 0 Å². The molecule has 3 heteroatoms. The number of ether oxygens (including phenoxy) is 1. The van der Waals surface area contributed by atoms with E-state index in [2.05, 4.69) is 41.5 Å². The van der Waals surface area contributed by atoms with Gasteiger partial charge in [0.1, 0.15) is 5.75 Å². The first-order valence-corrected chi connectivity index (χ1v) is 8.37. The summed E-state index contributed by atoms with van der Waals surface area (Å²) in [7, 11) is 3.79. The molecular weight excluding hydrogens is 260 g/mol. The maximum absolute atomic E-state index is 5.26. The molecule has 1 aliphatic heterocycles. The Hall–Kier alpha value is -1.06. The maximum Gasteiger partial charge on any atom is 0.118 e. The molecule has 1 aliphatic carbocycles. The Morgan fingerprint density at radius 3 is 2.67 bits per heavy atom. The van der Waals surface area contributed by atoms with Crippen molar-refractivity contribution in [2.45, 2.75) is 44.2 Å². The lowest BCUT2D eigenvalue weighted by Gasteiger charge is -2.34. The fraction of sp³-hybridized carbons (Fsp3) is 0.667. The van der Waals surface area contributed by atoms with Gasteiger partial charge in [0.05, 0.1) is 7.11 Å². The maximum atomic E-state index is 5.26. The van der Waals surface area contributed by atoms with E-state index in [9.17, 15) is 0 Å². The number of fused-ring (bicyclic) bond motifs is 1. The van der Waals surface area contributed by atoms with E-state index in [4.69, 9.17) is 4.74 Å². The Balaban J connectivity index is 1.66. The third kappa shape index (κ3) is 3.24. The van der Waals surface area contributed by atoms with Crippen molar-refractivity contribution >= 4 is 0 Å². The third-order valence-electron chi connectivity index (χ3n) is 5.41. The van der Waals surface area contributed by atoms with Crippen molar-refractivity contribution in [3.05, 3.63) is 29.8 Å². The first-order valence-electron chi connectivity index (χ1n) is 8.37. The van der Waals surface area contributed by atoms with E-state index >= 15 is 0 Å². The second-order valence-corrected chi connectivity index (χ2v) is 6.51. The molecule has 116 valence electrons. The zero-order valence-corrected chi connectivity index (χ0v) is 13.3. The molecule has 21 heavy (non-hydrogen) atoms. The van der Waals surface area contributed by atoms with Gasteiger partial charge in [0.2, 0.25) is 0 Å². The highest BCUT2D eigenvalue weighted by molar-refractivity contribution is 5.29. The minimum absolute atomic E-state index is 0.414. The van der Waals surface area contributed by atoms with Gasteiger partial charge in [0.15, 0.2) is 0 Å². The van der Waals surface area contributed by atoms with Gasteiger partial charge in [0.25, 0.3) is 0 Å². The average molecular weight is 288 g/mol. The molecule has 3 atom stereocenters. The van der Waals surface area contributed by atoms with E-state index in [0.29, 0.717) is 6.04 Å². The molecule has 1 saturated carbocycles. The zero-order valence-electron chi connectivity index (χ0n) is 13.3. The predicted octanol–water partition coefficient (Wildman–Crippen LogP) is 3.22. The summed E-state index contributed by atoms with van der Waals surface area (Å²) in [6, 6.07) is 9.76. The van der Waals surface area contributed by atoms with Crippen molar-refractivity contribution in [1.29, 1.82) is 0 Å². The molecule has 1 aromatic rings. The molecule has 0 amide bonds. The number of rotatable bonds is 5. The number of benzene rings is 1. The van der Waals surface area contributed by atoms with Gasteiger partial charge in [-0.05, 0) is 56.5 Å². The van der Waals surface area contributed by atoms with Gasteiger partial charge in [-0.3, -0.25) is 4.90 Å². The number of hydrogen-bond acceptors (Lipinski definition) is 3. The first-order chi connectivity index (χ1) is 10.3. The summed E-state index contributed by atoms with van der Waals surface area (Å²) in [4.78, 5) is 2.73. The summed E-state index contributed by atoms with van der Waals surface area (Å²) in [6.45, 7) is 2.41. The Labute approximate surface area is 128 Å². The largest absolute Gasteiger partial charge is 0.497 e. The van der Waals surface area contributed by atoms with Crippen LogP contribution in [0.15, 0.2) is 24.3 Å². The Bertz CT molecular complexity index is 445. The minimum atomic E-state index is 0.414. The Morgan fingerprint density at radius 2 is 1.95 bits per heavy atom. The highest BCUT2D eigenvalue weighted by Gasteiger charge is 2.36. The van der Waals surface area contributed by atoms with Gasteiger partial charge in [-0.15, -0.1) is 0 Å². The average Bonchev–Trinajstić information content (AvgIpc) is 2.96. The number of nitrogens with one attached hydrogen (secondary N) is 1. The fourth-order valence-electron chi connectivity index (χ4n) is 4.16. The molecule has 0 spiro atoms. The van der Waals surface area contributed by atoms with Crippen molar-refractivity contribution in [3.63, 3.8) is 0 Å². The quantitative estimate of drug-likeness (QED) is 0.900. The van der Waals surface area contributed by atoms with Crippen LogP contribution in [-0.4, -0.2) is 38.2 Å². The van der Waals surface area contributed by atoms with Crippen LogP contribution < -0.4 is 10.1 Å². The SMILES string of the molecule is CNC(CN1CCC2CCCCC21)c1ccc(OC)cc1. The van der Waals surface area contributed by atoms with Crippen molar-refractivity contribution in [2.75, 3.05) is 27.2 Å². The summed E-state index contributed by atoms with van der Waals surface area (Å²) in [5.74, 6) is 1.90. The lowest BCUT2D eigenvalue weighted by Crippen LogP contribution is -2.40. The monoisotopic (exact) mass is 288 g/mol. The summed E-state index contributed by atoms with van der Waals surface area (Å²) in [6.07, 6.45) is 7.13. The summed E-state index contributed by atoms with van der Waals surface area (Å²) < 4.78 is 5.26. The number of likely N-dealkylation sites (tertiary alicyclic amines) is 1. The normalized spacial score (nSPS) is 27.3. The van der Waals surface area contributed by atoms with Crippen molar-refractivity contribution < 1.29 is 4.74 Å². The standard InChI is InChI=1S/C18H28N2O/c1-19-17(14-7-9-16(21-2)10-8-14)13-20-12-11-15-5-3-4-6-18(15)20/h7-10,15,17-19H,3-6,11-13H2,1-2H3. The van der Waals surface area contributed by atoms with E-state index < -0.39 is 0 Å². The fourth-order valence-corrected chi connectivity index (χ4v) is 4.16. The number of nitrogens with zero attached hydrogens (tertiary/aromatic N) is 1. The highest BCUT2D eigenvalue weighted by atomic mass is 16.5. The van der Waals surface area contributed by atoms with E-state index in [1.807, 2.05) is 0 Å². The molecule has 0 aromatic heterocycles. The number of hydrogen-bond donors (Lipinski definition) is 1. The molecule has 1 aromatic carbocycles. The molecular formula is C18H28N2O. The first kappa shape index (κ1) is 14.9. The van der Waals surface area contributed by atoms with Gasteiger partial charge < -0.3 is 10.1 Å². The van der Waals surface area contributed by atoms with Crippen molar-refractivity contribution in [2.24, 2.45) is 5.92 Å². The van der Waals surface area contributed by atoms with E-state index in [1.165, 1.54) is 44.2 Å². The van der Waals surface area contributed by atoms with Crippen LogP contribution in [0.2, 0.25) is 0 Å². The summed E-state index contributed by atoms with van der Waals surface area (Å²) in [5, 5.41) is 3.50. The minimum Gasteiger partial charge on any atom is -0.497 e. The molecule has 3 rings (SSSR count). The van der Waals surface area contributed by atoms with Gasteiger partial charge in [-0.2, -0.15) is 0 Å². The van der Waals surface area contributed by atoms with Crippen LogP contribution in [-0.2, 0) is 0 Å². The molecule has 2 fully saturated rings. The molecule has 1 N–H and O–H groups in total. The molecule has 1 saturated heterocycles. The van der Waals surface area contributed by atoms with Crippen LogP contribution in [0.5, 0.6) is 5.75 Å². The Kier molecular flexibility index (Phi) is 4.81. The molecule has 2 aliphatic rings.